The van der Waals surface area contributed by atoms with E-state index in [0.29, 0.717) is 37.8 Å². The minimum Gasteiger partial charge on any atom is -0.465 e. The van der Waals surface area contributed by atoms with Gasteiger partial charge < -0.3 is 9.64 Å². The van der Waals surface area contributed by atoms with Gasteiger partial charge in [-0.25, -0.2) is 9.18 Å². The lowest BCUT2D eigenvalue weighted by molar-refractivity contribution is 0.0600. The van der Waals surface area contributed by atoms with E-state index in [-0.39, 0.29) is 17.7 Å². The molecular weight excluding hydrogens is 435 g/mol. The molecule has 1 aliphatic rings. The van der Waals surface area contributed by atoms with Gasteiger partial charge in [-0.2, -0.15) is 12.7 Å². The van der Waals surface area contributed by atoms with Gasteiger partial charge in [0.25, 0.3) is 0 Å². The van der Waals surface area contributed by atoms with Crippen molar-refractivity contribution in [3.63, 3.8) is 0 Å². The number of piperazine rings is 1. The molecule has 1 fully saturated rings. The number of nitrogens with zero attached hydrogens (tertiary/aromatic N) is 4. The second-order valence-electron chi connectivity index (χ2n) is 8.12. The maximum Gasteiger partial charge on any atom is 0.337 e. The highest BCUT2D eigenvalue weighted by atomic mass is 32.2. The summed E-state index contributed by atoms with van der Waals surface area (Å²) in [5, 5.41) is 0. The second kappa shape index (κ2) is 10.4. The van der Waals surface area contributed by atoms with Crippen molar-refractivity contribution in [2.24, 2.45) is 5.92 Å². The largest absolute Gasteiger partial charge is 0.465 e. The van der Waals surface area contributed by atoms with E-state index in [1.54, 1.807) is 18.3 Å². The molecule has 1 saturated heterocycles. The summed E-state index contributed by atoms with van der Waals surface area (Å²) in [4.78, 5) is 17.9. The van der Waals surface area contributed by atoms with Crippen molar-refractivity contribution in [2.75, 3.05) is 44.1 Å². The van der Waals surface area contributed by atoms with Gasteiger partial charge in [-0.05, 0) is 30.2 Å². The topological polar surface area (TPSA) is 83.0 Å². The Morgan fingerprint density at radius 1 is 1.22 bits per heavy atom. The first-order chi connectivity index (χ1) is 15.2. The molecule has 0 bridgehead atoms. The molecule has 0 radical (unpaired) electrons. The number of halogens is 1. The summed E-state index contributed by atoms with van der Waals surface area (Å²) in [6, 6.07) is 7.14. The molecule has 0 saturated carbocycles. The molecule has 0 amide bonds. The number of aromatic nitrogens is 1. The van der Waals surface area contributed by atoms with Crippen LogP contribution in [-0.4, -0.2) is 68.4 Å². The van der Waals surface area contributed by atoms with Crippen LogP contribution in [0.5, 0.6) is 0 Å². The first-order valence-electron chi connectivity index (χ1n) is 10.5. The van der Waals surface area contributed by atoms with E-state index in [1.807, 2.05) is 0 Å². The number of methoxy groups -OCH3 is 1. The number of pyridine rings is 1. The van der Waals surface area contributed by atoms with Crippen LogP contribution in [0.15, 0.2) is 42.7 Å². The molecule has 8 nitrogen and oxygen atoms in total. The number of anilines is 1. The second-order valence-corrected chi connectivity index (χ2v) is 9.97. The molecule has 2 aromatic rings. The molecule has 0 aliphatic carbocycles. The van der Waals surface area contributed by atoms with Crippen molar-refractivity contribution in [2.45, 2.75) is 20.4 Å². The minimum absolute atomic E-state index is 0.0609. The fourth-order valence-corrected chi connectivity index (χ4v) is 5.26. The summed E-state index contributed by atoms with van der Waals surface area (Å²) in [5.74, 6) is -0.841. The van der Waals surface area contributed by atoms with Crippen LogP contribution >= 0.6 is 0 Å². The van der Waals surface area contributed by atoms with E-state index in [4.69, 9.17) is 0 Å². The van der Waals surface area contributed by atoms with Crippen LogP contribution in [0.3, 0.4) is 0 Å². The van der Waals surface area contributed by atoms with E-state index < -0.39 is 22.0 Å². The van der Waals surface area contributed by atoms with E-state index in [0.717, 1.165) is 16.9 Å². The summed E-state index contributed by atoms with van der Waals surface area (Å²) >= 11 is 0. The Morgan fingerprint density at radius 3 is 2.50 bits per heavy atom. The summed E-state index contributed by atoms with van der Waals surface area (Å²) in [6.45, 7) is 6.94. The molecule has 1 aliphatic heterocycles. The molecule has 1 aromatic heterocycles. The molecule has 10 heteroatoms. The number of esters is 1. The van der Waals surface area contributed by atoms with Gasteiger partial charge in [0, 0.05) is 44.5 Å². The number of carbonyl (C=O) groups is 1. The van der Waals surface area contributed by atoms with Crippen LogP contribution in [0.4, 0.5) is 10.1 Å². The van der Waals surface area contributed by atoms with E-state index in [1.165, 1.54) is 29.7 Å². The molecule has 0 atom stereocenters. The zero-order valence-corrected chi connectivity index (χ0v) is 19.4. The van der Waals surface area contributed by atoms with E-state index in [9.17, 15) is 17.6 Å². The normalized spacial score (nSPS) is 15.7. The molecular formula is C22H29FN4O4S. The lowest BCUT2D eigenvalue weighted by Gasteiger charge is -2.37. The molecule has 0 unspecified atom stereocenters. The molecule has 3 rings (SSSR count). The Balaban J connectivity index is 1.87. The van der Waals surface area contributed by atoms with Crippen molar-refractivity contribution < 1.29 is 22.3 Å². The third kappa shape index (κ3) is 5.62. The number of benzene rings is 1. The summed E-state index contributed by atoms with van der Waals surface area (Å²) < 4.78 is 49.1. The molecule has 0 N–H and O–H groups in total. The van der Waals surface area contributed by atoms with Crippen LogP contribution in [-0.2, 0) is 21.5 Å². The van der Waals surface area contributed by atoms with Gasteiger partial charge >= 0.3 is 16.2 Å². The lowest BCUT2D eigenvalue weighted by Crippen LogP contribution is -2.53. The van der Waals surface area contributed by atoms with Gasteiger partial charge in [0.05, 0.1) is 31.1 Å². The monoisotopic (exact) mass is 464 g/mol. The third-order valence-electron chi connectivity index (χ3n) is 5.28. The zero-order chi connectivity index (χ0) is 23.3. The summed E-state index contributed by atoms with van der Waals surface area (Å²) in [7, 11) is -2.72. The van der Waals surface area contributed by atoms with Crippen LogP contribution < -0.4 is 4.31 Å². The Labute approximate surface area is 188 Å². The highest BCUT2D eigenvalue weighted by molar-refractivity contribution is 7.90. The van der Waals surface area contributed by atoms with Crippen molar-refractivity contribution in [3.05, 3.63) is 59.7 Å². The van der Waals surface area contributed by atoms with E-state index in [2.05, 4.69) is 28.5 Å². The molecule has 32 heavy (non-hydrogen) atoms. The standard InChI is InChI=1S/C22H29FN4O4S/c1-17(2)15-25-9-11-26(12-10-25)32(29,30)27(20-5-4-8-24-14-20)16-19-7-6-18(13-21(19)23)22(28)31-3/h4-8,13-14,17H,9-12,15-16H2,1-3H3. The lowest BCUT2D eigenvalue weighted by atomic mass is 10.1. The Hall–Kier alpha value is -2.56. The maximum absolute atomic E-state index is 14.8. The van der Waals surface area contributed by atoms with Crippen LogP contribution in [0, 0.1) is 11.7 Å². The van der Waals surface area contributed by atoms with Crippen LogP contribution in [0.1, 0.15) is 29.8 Å². The zero-order valence-electron chi connectivity index (χ0n) is 18.6. The first-order valence-corrected chi connectivity index (χ1v) is 11.9. The number of rotatable bonds is 8. The summed E-state index contributed by atoms with van der Waals surface area (Å²) in [6.07, 6.45) is 2.98. The predicted octanol–water partition coefficient (Wildman–Crippen LogP) is 2.53. The van der Waals surface area contributed by atoms with Crippen molar-refractivity contribution in [1.82, 2.24) is 14.2 Å². The van der Waals surface area contributed by atoms with Gasteiger partial charge in [0.1, 0.15) is 5.82 Å². The van der Waals surface area contributed by atoms with Crippen LogP contribution in [0.2, 0.25) is 0 Å². The van der Waals surface area contributed by atoms with Crippen LogP contribution in [0.25, 0.3) is 0 Å². The van der Waals surface area contributed by atoms with E-state index >= 15 is 0 Å². The molecule has 174 valence electrons. The SMILES string of the molecule is COC(=O)c1ccc(CN(c2cccnc2)S(=O)(=O)N2CCN(CC(C)C)CC2)c(F)c1. The van der Waals surface area contributed by atoms with Gasteiger partial charge in [0.2, 0.25) is 0 Å². The highest BCUT2D eigenvalue weighted by Gasteiger charge is 2.33. The Morgan fingerprint density at radius 2 is 1.94 bits per heavy atom. The van der Waals surface area contributed by atoms with Crippen molar-refractivity contribution >= 4 is 21.9 Å². The minimum atomic E-state index is -3.93. The predicted molar refractivity (Wildman–Crippen MR) is 120 cm³/mol. The Kier molecular flexibility index (Phi) is 7.81. The Bertz CT molecular complexity index is 1030. The average Bonchev–Trinajstić information content (AvgIpc) is 2.78. The molecule has 2 heterocycles. The molecule has 0 spiro atoms. The van der Waals surface area contributed by atoms with Gasteiger partial charge in [0.15, 0.2) is 0 Å². The number of ether oxygens (including phenoxy) is 1. The average molecular weight is 465 g/mol. The number of hydrogen-bond donors (Lipinski definition) is 0. The number of carbonyl (C=O) groups excluding carboxylic acids is 1. The number of hydrogen-bond acceptors (Lipinski definition) is 6. The van der Waals surface area contributed by atoms with Gasteiger partial charge in [-0.1, -0.05) is 19.9 Å². The highest BCUT2D eigenvalue weighted by Crippen LogP contribution is 2.25. The third-order valence-corrected chi connectivity index (χ3v) is 7.20. The summed E-state index contributed by atoms with van der Waals surface area (Å²) in [5.41, 5.74) is 0.544. The fraction of sp³-hybridized carbons (Fsp3) is 0.455. The fourth-order valence-electron chi connectivity index (χ4n) is 3.68. The molecule has 1 aromatic carbocycles. The van der Waals surface area contributed by atoms with Gasteiger partial charge in [-0.3, -0.25) is 9.29 Å². The quantitative estimate of drug-likeness (QED) is 0.559. The van der Waals surface area contributed by atoms with Crippen molar-refractivity contribution in [1.29, 1.82) is 0 Å². The maximum atomic E-state index is 14.8. The van der Waals surface area contributed by atoms with Crippen molar-refractivity contribution in [3.8, 4) is 0 Å². The van der Waals surface area contributed by atoms with Gasteiger partial charge in [-0.15, -0.1) is 0 Å². The first kappa shape index (κ1) is 24.1. The smallest absolute Gasteiger partial charge is 0.337 e.